The van der Waals surface area contributed by atoms with E-state index < -0.39 is 0 Å². The van der Waals surface area contributed by atoms with Crippen molar-refractivity contribution >= 4 is 44.5 Å². The van der Waals surface area contributed by atoms with Crippen molar-refractivity contribution < 1.29 is 0 Å². The average molecular weight is 336 g/mol. The average Bonchev–Trinajstić information content (AvgIpc) is 2.36. The third-order valence-electron chi connectivity index (χ3n) is 2.76. The maximum Gasteiger partial charge on any atom is 0.124 e. The Kier molecular flexibility index (Phi) is 4.17. The van der Waals surface area contributed by atoms with Crippen LogP contribution in [0.1, 0.15) is 16.8 Å². The molecule has 0 bridgehead atoms. The van der Waals surface area contributed by atoms with Crippen molar-refractivity contribution in [2.75, 3.05) is 5.32 Å². The monoisotopic (exact) mass is 335 g/mol. The maximum absolute atomic E-state index is 5.67. The minimum atomic E-state index is 0.286. The van der Waals surface area contributed by atoms with E-state index in [2.05, 4.69) is 52.2 Å². The van der Waals surface area contributed by atoms with Gasteiger partial charge in [0.25, 0.3) is 0 Å². The quantitative estimate of drug-likeness (QED) is 0.836. The minimum Gasteiger partial charge on any atom is -0.388 e. The smallest absolute Gasteiger partial charge is 0.124 e. The van der Waals surface area contributed by atoms with Crippen molar-refractivity contribution in [3.63, 3.8) is 0 Å². The van der Waals surface area contributed by atoms with Crippen LogP contribution in [0.2, 0.25) is 0 Å². The third kappa shape index (κ3) is 3.11. The van der Waals surface area contributed by atoms with Gasteiger partial charge in [0, 0.05) is 16.4 Å². The number of pyridine rings is 1. The molecule has 0 saturated carbocycles. The summed E-state index contributed by atoms with van der Waals surface area (Å²) in [4.78, 5) is 4.48. The molecule has 0 aliphatic carbocycles. The Hall–Kier alpha value is -1.46. The molecule has 5 heteroatoms. The van der Waals surface area contributed by atoms with Gasteiger partial charge in [0.2, 0.25) is 0 Å². The van der Waals surface area contributed by atoms with Crippen LogP contribution in [0.15, 0.2) is 34.9 Å². The first-order valence-electron chi connectivity index (χ1n) is 5.77. The van der Waals surface area contributed by atoms with Gasteiger partial charge in [-0.2, -0.15) is 0 Å². The van der Waals surface area contributed by atoms with E-state index in [9.17, 15) is 0 Å². The molecule has 3 N–H and O–H groups in total. The van der Waals surface area contributed by atoms with E-state index in [-0.39, 0.29) is 4.99 Å². The van der Waals surface area contributed by atoms with Crippen LogP contribution in [-0.2, 0) is 0 Å². The number of hydrogen-bond acceptors (Lipinski definition) is 3. The molecule has 0 fully saturated rings. The lowest BCUT2D eigenvalue weighted by molar-refractivity contribution is 1.28. The number of halogens is 1. The number of hydrogen-bond donors (Lipinski definition) is 2. The molecule has 1 heterocycles. The second-order valence-corrected chi connectivity index (χ2v) is 5.55. The molecule has 2 rings (SSSR count). The van der Waals surface area contributed by atoms with Crippen LogP contribution in [0.5, 0.6) is 0 Å². The molecule has 3 nitrogen and oxygen atoms in total. The number of benzene rings is 1. The molecule has 0 aliphatic rings. The summed E-state index contributed by atoms with van der Waals surface area (Å²) in [6.45, 7) is 4.11. The van der Waals surface area contributed by atoms with E-state index in [1.54, 1.807) is 6.20 Å². The molecule has 0 radical (unpaired) electrons. The van der Waals surface area contributed by atoms with Gasteiger partial charge in [-0.25, -0.2) is 0 Å². The summed E-state index contributed by atoms with van der Waals surface area (Å²) in [7, 11) is 0. The third-order valence-corrected chi connectivity index (χ3v) is 4.20. The summed E-state index contributed by atoms with van der Waals surface area (Å²) < 4.78 is 1.12. The van der Waals surface area contributed by atoms with E-state index in [4.69, 9.17) is 18.0 Å². The fraction of sp³-hybridized carbons (Fsp3) is 0.143. The van der Waals surface area contributed by atoms with Gasteiger partial charge in [0.15, 0.2) is 0 Å². The second kappa shape index (κ2) is 5.67. The topological polar surface area (TPSA) is 50.9 Å². The number of anilines is 2. The number of nitrogens with one attached hydrogen (secondary N) is 1. The first kappa shape index (κ1) is 14.0. The van der Waals surface area contributed by atoms with Crippen LogP contribution in [0.4, 0.5) is 11.4 Å². The van der Waals surface area contributed by atoms with Crippen LogP contribution in [0, 0.1) is 13.8 Å². The summed E-state index contributed by atoms with van der Waals surface area (Å²) in [5.74, 6) is 0. The second-order valence-electron chi connectivity index (χ2n) is 4.31. The zero-order chi connectivity index (χ0) is 14.0. The molecular weight excluding hydrogens is 322 g/mol. The van der Waals surface area contributed by atoms with Gasteiger partial charge < -0.3 is 11.1 Å². The number of aryl methyl sites for hydroxylation is 2. The minimum absolute atomic E-state index is 0.286. The van der Waals surface area contributed by atoms with Crippen LogP contribution in [0.25, 0.3) is 0 Å². The van der Waals surface area contributed by atoms with Crippen LogP contribution in [0.3, 0.4) is 0 Å². The summed E-state index contributed by atoms with van der Waals surface area (Å²) in [5.41, 5.74) is 10.4. The molecule has 0 saturated heterocycles. The zero-order valence-electron chi connectivity index (χ0n) is 10.7. The zero-order valence-corrected chi connectivity index (χ0v) is 13.1. The van der Waals surface area contributed by atoms with E-state index in [1.807, 2.05) is 12.1 Å². The maximum atomic E-state index is 5.67. The van der Waals surface area contributed by atoms with E-state index >= 15 is 0 Å². The predicted molar refractivity (Wildman–Crippen MR) is 87.0 cm³/mol. The van der Waals surface area contributed by atoms with Gasteiger partial charge in [0.1, 0.15) is 10.7 Å². The molecule has 19 heavy (non-hydrogen) atoms. The highest BCUT2D eigenvalue weighted by molar-refractivity contribution is 9.10. The molecule has 1 aromatic carbocycles. The Morgan fingerprint density at radius 2 is 1.95 bits per heavy atom. The number of nitrogens with zero attached hydrogens (tertiary/aromatic N) is 1. The molecule has 2 aromatic rings. The molecule has 0 unspecified atom stereocenters. The molecule has 0 atom stereocenters. The summed E-state index contributed by atoms with van der Waals surface area (Å²) in [6, 6.07) is 7.89. The van der Waals surface area contributed by atoms with Crippen molar-refractivity contribution in [3.05, 3.63) is 51.8 Å². The molecule has 98 valence electrons. The highest BCUT2D eigenvalue weighted by atomic mass is 79.9. The Bertz CT molecular complexity index is 617. The van der Waals surface area contributed by atoms with Crippen molar-refractivity contribution in [3.8, 4) is 0 Å². The summed E-state index contributed by atoms with van der Waals surface area (Å²) in [6.07, 6.45) is 1.68. The fourth-order valence-corrected chi connectivity index (χ4v) is 2.27. The van der Waals surface area contributed by atoms with E-state index in [1.165, 1.54) is 11.1 Å². The lowest BCUT2D eigenvalue weighted by atomic mass is 10.1. The molecule has 0 amide bonds. The Morgan fingerprint density at radius 1 is 1.32 bits per heavy atom. The normalized spacial score (nSPS) is 10.3. The van der Waals surface area contributed by atoms with Gasteiger partial charge in [-0.05, 0) is 49.2 Å². The number of nitrogens with two attached hydrogens (primary N) is 1. The highest BCUT2D eigenvalue weighted by Gasteiger charge is 2.08. The number of thiocarbonyl (C=S) groups is 1. The van der Waals surface area contributed by atoms with Crippen LogP contribution in [-0.4, -0.2) is 9.97 Å². The van der Waals surface area contributed by atoms with E-state index in [0.717, 1.165) is 15.8 Å². The van der Waals surface area contributed by atoms with Gasteiger partial charge in [-0.1, -0.05) is 28.1 Å². The van der Waals surface area contributed by atoms with Gasteiger partial charge in [-0.3, -0.25) is 4.98 Å². The standard InChI is InChI=1S/C14H14BrN3S/c1-8-6-10(7-9(2)12(8)15)18-11-4-3-5-17-13(11)14(16)19/h3-7,18H,1-2H3,(H2,16,19). The van der Waals surface area contributed by atoms with Crippen LogP contribution >= 0.6 is 28.1 Å². The largest absolute Gasteiger partial charge is 0.388 e. The fourth-order valence-electron chi connectivity index (χ4n) is 1.88. The SMILES string of the molecule is Cc1cc(Nc2cccnc2C(N)=S)cc(C)c1Br. The molecule has 0 aliphatic heterocycles. The Morgan fingerprint density at radius 3 is 2.53 bits per heavy atom. The van der Waals surface area contributed by atoms with Crippen LogP contribution < -0.4 is 11.1 Å². The van der Waals surface area contributed by atoms with Crippen molar-refractivity contribution in [1.29, 1.82) is 0 Å². The van der Waals surface area contributed by atoms with Crippen molar-refractivity contribution in [2.24, 2.45) is 5.73 Å². The molecule has 0 spiro atoms. The number of rotatable bonds is 3. The van der Waals surface area contributed by atoms with Gasteiger partial charge >= 0.3 is 0 Å². The Labute approximate surface area is 126 Å². The highest BCUT2D eigenvalue weighted by Crippen LogP contribution is 2.27. The number of aromatic nitrogens is 1. The first-order chi connectivity index (χ1) is 8.99. The van der Waals surface area contributed by atoms with Gasteiger partial charge in [0.05, 0.1) is 5.69 Å². The predicted octanol–water partition coefficient (Wildman–Crippen LogP) is 3.84. The Balaban J connectivity index is 2.39. The summed E-state index contributed by atoms with van der Waals surface area (Å²) >= 11 is 8.56. The first-order valence-corrected chi connectivity index (χ1v) is 6.97. The molecular formula is C14H14BrN3S. The van der Waals surface area contributed by atoms with Gasteiger partial charge in [-0.15, -0.1) is 0 Å². The summed E-state index contributed by atoms with van der Waals surface area (Å²) in [5, 5.41) is 3.31. The van der Waals surface area contributed by atoms with E-state index in [0.29, 0.717) is 5.69 Å². The van der Waals surface area contributed by atoms with Crippen molar-refractivity contribution in [2.45, 2.75) is 13.8 Å². The lowest BCUT2D eigenvalue weighted by Gasteiger charge is -2.12. The van der Waals surface area contributed by atoms with Crippen molar-refractivity contribution in [1.82, 2.24) is 4.98 Å². The lowest BCUT2D eigenvalue weighted by Crippen LogP contribution is -2.13. The molecule has 1 aromatic heterocycles.